The van der Waals surface area contributed by atoms with Crippen LogP contribution in [0.2, 0.25) is 5.02 Å². The molecular weight excluding hydrogens is 428 g/mol. The Morgan fingerprint density at radius 1 is 1.32 bits per heavy atom. The van der Waals surface area contributed by atoms with Gasteiger partial charge in [0.25, 0.3) is 0 Å². The first-order valence-corrected chi connectivity index (χ1v) is 10.8. The van der Waals surface area contributed by atoms with Crippen molar-refractivity contribution in [2.75, 3.05) is 6.61 Å². The van der Waals surface area contributed by atoms with Crippen LogP contribution >= 0.6 is 47.4 Å². The molecule has 2 heterocycles. The largest absolute Gasteiger partial charge is 0.395 e. The molecule has 28 heavy (non-hydrogen) atoms. The Hall–Kier alpha value is -1.75. The number of fused-ring (bicyclic) bond motifs is 1. The first-order valence-electron chi connectivity index (χ1n) is 8.82. The van der Waals surface area contributed by atoms with Crippen LogP contribution in [0.5, 0.6) is 0 Å². The molecule has 0 aliphatic rings. The molecule has 2 aromatic heterocycles. The highest BCUT2D eigenvalue weighted by Crippen LogP contribution is 2.28. The fraction of sp³-hybridized carbons (Fsp3) is 0.238. The Labute approximate surface area is 184 Å². The summed E-state index contributed by atoms with van der Waals surface area (Å²) < 4.78 is 2.89. The zero-order valence-corrected chi connectivity index (χ0v) is 18.5. The molecule has 1 aromatic carbocycles. The molecule has 0 amide bonds. The maximum atomic E-state index is 8.91. The lowest BCUT2D eigenvalue weighted by Crippen LogP contribution is -2.22. The molecule has 2 N–H and O–H groups in total. The second-order valence-electron chi connectivity index (χ2n) is 6.07. The summed E-state index contributed by atoms with van der Waals surface area (Å²) in [7, 11) is 0. The Morgan fingerprint density at radius 3 is 2.75 bits per heavy atom. The maximum absolute atomic E-state index is 8.91. The maximum Gasteiger partial charge on any atom is 0.109 e. The number of hydrogen-bond acceptors (Lipinski definition) is 4. The van der Waals surface area contributed by atoms with Crippen LogP contribution in [0.1, 0.15) is 29.3 Å². The summed E-state index contributed by atoms with van der Waals surface area (Å²) in [4.78, 5) is 2.65. The van der Waals surface area contributed by atoms with Gasteiger partial charge < -0.3 is 15.0 Å². The number of thiocarbonyl (C=S) groups is 1. The molecule has 7 heteroatoms. The third-order valence-electron chi connectivity index (χ3n) is 4.15. The lowest BCUT2D eigenvalue weighted by molar-refractivity contribution is 0.305. The van der Waals surface area contributed by atoms with Crippen LogP contribution in [0.3, 0.4) is 0 Å². The van der Waals surface area contributed by atoms with Gasteiger partial charge in [-0.05, 0) is 30.7 Å². The van der Waals surface area contributed by atoms with Crippen LogP contribution < -0.4 is 5.32 Å². The molecule has 0 bridgehead atoms. The van der Waals surface area contributed by atoms with Crippen LogP contribution in [0, 0.1) is 16.4 Å². The Balaban J connectivity index is 1.91. The van der Waals surface area contributed by atoms with Crippen LogP contribution in [0.4, 0.5) is 0 Å². The van der Waals surface area contributed by atoms with Crippen molar-refractivity contribution in [1.82, 2.24) is 9.88 Å². The standard InChI is InChI=1S/C21H19ClN2OS3/c1-2-24-13-18(20(27)23-12-14-6-8-15(22)9-7-14)19(26)17-11-16(28-21(17)24)5-3-4-10-25/h6-9,11,13,25H,2,4,10,12H2,1H3,(H,23,27). The molecular formula is C21H19ClN2OS3. The summed E-state index contributed by atoms with van der Waals surface area (Å²) in [5, 5.41) is 13.9. The molecule has 0 unspecified atom stereocenters. The molecule has 0 aliphatic carbocycles. The van der Waals surface area contributed by atoms with E-state index in [0.717, 1.165) is 37.3 Å². The van der Waals surface area contributed by atoms with Crippen molar-refractivity contribution in [1.29, 1.82) is 0 Å². The first kappa shape index (κ1) is 21.0. The fourth-order valence-electron chi connectivity index (χ4n) is 2.72. The molecule has 0 saturated heterocycles. The highest BCUT2D eigenvalue weighted by Gasteiger charge is 2.12. The van der Waals surface area contributed by atoms with Crippen LogP contribution in [-0.4, -0.2) is 21.3 Å². The number of hydrogen-bond donors (Lipinski definition) is 2. The Kier molecular flexibility index (Phi) is 7.22. The van der Waals surface area contributed by atoms with Gasteiger partial charge in [0.15, 0.2) is 0 Å². The Bertz CT molecular complexity index is 1120. The lowest BCUT2D eigenvalue weighted by atomic mass is 10.2. The average molecular weight is 447 g/mol. The van der Waals surface area contributed by atoms with Gasteiger partial charge in [0.05, 0.1) is 16.0 Å². The highest BCUT2D eigenvalue weighted by molar-refractivity contribution is 7.80. The number of aromatic nitrogens is 1. The first-order chi connectivity index (χ1) is 13.5. The Morgan fingerprint density at radius 2 is 2.07 bits per heavy atom. The minimum atomic E-state index is 0.0663. The topological polar surface area (TPSA) is 37.2 Å². The quantitative estimate of drug-likeness (QED) is 0.411. The number of rotatable bonds is 5. The van der Waals surface area contributed by atoms with Crippen molar-refractivity contribution in [3.8, 4) is 11.8 Å². The molecule has 0 fully saturated rings. The average Bonchev–Trinajstić information content (AvgIpc) is 3.13. The highest BCUT2D eigenvalue weighted by atomic mass is 35.5. The predicted molar refractivity (Wildman–Crippen MR) is 125 cm³/mol. The number of aliphatic hydroxyl groups is 1. The van der Waals surface area contributed by atoms with E-state index in [1.54, 1.807) is 11.3 Å². The molecule has 3 rings (SSSR count). The molecule has 0 atom stereocenters. The normalized spacial score (nSPS) is 10.5. The number of nitrogens with zero attached hydrogens (tertiary/aromatic N) is 1. The van der Waals surface area contributed by atoms with Gasteiger partial charge in [-0.15, -0.1) is 11.3 Å². The van der Waals surface area contributed by atoms with E-state index < -0.39 is 0 Å². The second-order valence-corrected chi connectivity index (χ2v) is 8.36. The van der Waals surface area contributed by atoms with Crippen molar-refractivity contribution in [2.45, 2.75) is 26.4 Å². The van der Waals surface area contributed by atoms with E-state index in [1.165, 1.54) is 0 Å². The smallest absolute Gasteiger partial charge is 0.109 e. The molecule has 0 spiro atoms. The van der Waals surface area contributed by atoms with Gasteiger partial charge >= 0.3 is 0 Å². The summed E-state index contributed by atoms with van der Waals surface area (Å²) >= 11 is 18.9. The van der Waals surface area contributed by atoms with E-state index in [0.29, 0.717) is 23.0 Å². The van der Waals surface area contributed by atoms with E-state index in [9.17, 15) is 0 Å². The third kappa shape index (κ3) is 4.80. The monoisotopic (exact) mass is 446 g/mol. The minimum absolute atomic E-state index is 0.0663. The van der Waals surface area contributed by atoms with Gasteiger partial charge in [-0.1, -0.05) is 60.0 Å². The lowest BCUT2D eigenvalue weighted by Gasteiger charge is -2.12. The zero-order valence-electron chi connectivity index (χ0n) is 15.3. The van der Waals surface area contributed by atoms with E-state index in [4.69, 9.17) is 41.1 Å². The van der Waals surface area contributed by atoms with Gasteiger partial charge in [-0.25, -0.2) is 0 Å². The van der Waals surface area contributed by atoms with Gasteiger partial charge in [-0.3, -0.25) is 0 Å². The molecule has 3 nitrogen and oxygen atoms in total. The van der Waals surface area contributed by atoms with Gasteiger partial charge in [0.2, 0.25) is 0 Å². The fourth-order valence-corrected chi connectivity index (χ4v) is 4.59. The molecule has 3 aromatic rings. The van der Waals surface area contributed by atoms with E-state index >= 15 is 0 Å². The third-order valence-corrected chi connectivity index (χ3v) is 6.29. The summed E-state index contributed by atoms with van der Waals surface area (Å²) in [6.07, 6.45) is 2.48. The van der Waals surface area contributed by atoms with Crippen molar-refractivity contribution in [3.05, 3.63) is 62.1 Å². The van der Waals surface area contributed by atoms with Gasteiger partial charge in [0, 0.05) is 41.7 Å². The van der Waals surface area contributed by atoms with Gasteiger partial charge in [-0.2, -0.15) is 0 Å². The van der Waals surface area contributed by atoms with Crippen molar-refractivity contribution >= 4 is 62.6 Å². The number of aryl methyl sites for hydroxylation is 1. The number of pyridine rings is 1. The number of nitrogens with one attached hydrogen (secondary N) is 1. The van der Waals surface area contributed by atoms with Crippen LogP contribution in [-0.2, 0) is 13.1 Å². The number of thiophene rings is 1. The second kappa shape index (κ2) is 9.64. The summed E-state index contributed by atoms with van der Waals surface area (Å²) in [5.74, 6) is 6.07. The van der Waals surface area contributed by atoms with E-state index in [1.807, 2.05) is 36.5 Å². The van der Waals surface area contributed by atoms with Crippen molar-refractivity contribution in [3.63, 3.8) is 0 Å². The minimum Gasteiger partial charge on any atom is -0.395 e. The summed E-state index contributed by atoms with van der Waals surface area (Å²) in [5.41, 5.74) is 1.94. The number of halogens is 1. The van der Waals surface area contributed by atoms with Crippen LogP contribution in [0.25, 0.3) is 10.2 Å². The summed E-state index contributed by atoms with van der Waals surface area (Å²) in [6.45, 7) is 3.57. The molecule has 0 saturated carbocycles. The molecule has 144 valence electrons. The molecule has 0 radical (unpaired) electrons. The molecule has 0 aliphatic heterocycles. The SMILES string of the molecule is CCn1cc(C(=S)NCc2ccc(Cl)cc2)c(=S)c2cc(C#CCCO)sc21. The van der Waals surface area contributed by atoms with Crippen LogP contribution in [0.15, 0.2) is 36.5 Å². The number of aliphatic hydroxyl groups excluding tert-OH is 1. The van der Waals surface area contributed by atoms with E-state index in [2.05, 4.69) is 28.6 Å². The van der Waals surface area contributed by atoms with Crippen molar-refractivity contribution in [2.24, 2.45) is 0 Å². The summed E-state index contributed by atoms with van der Waals surface area (Å²) in [6, 6.07) is 9.68. The van der Waals surface area contributed by atoms with E-state index in [-0.39, 0.29) is 6.61 Å². The number of benzene rings is 1. The zero-order chi connectivity index (χ0) is 20.1. The van der Waals surface area contributed by atoms with Crippen molar-refractivity contribution < 1.29 is 5.11 Å². The van der Waals surface area contributed by atoms with Gasteiger partial charge in [0.1, 0.15) is 9.82 Å². The predicted octanol–water partition coefficient (Wildman–Crippen LogP) is 5.30.